The molecule has 3 aromatic rings. The average Bonchev–Trinajstić information content (AvgIpc) is 3.37. The Bertz CT molecular complexity index is 1230. The van der Waals surface area contributed by atoms with Crippen molar-refractivity contribution in [1.29, 1.82) is 0 Å². The van der Waals surface area contributed by atoms with Crippen LogP contribution < -0.4 is 16.4 Å². The summed E-state index contributed by atoms with van der Waals surface area (Å²) in [5.74, 6) is -1.19. The van der Waals surface area contributed by atoms with Crippen LogP contribution in [0.15, 0.2) is 48.5 Å². The van der Waals surface area contributed by atoms with Crippen molar-refractivity contribution in [2.75, 3.05) is 38.7 Å². The van der Waals surface area contributed by atoms with Crippen LogP contribution in [0.4, 0.5) is 15.0 Å². The summed E-state index contributed by atoms with van der Waals surface area (Å²) in [4.78, 5) is 27.5. The van der Waals surface area contributed by atoms with E-state index < -0.39 is 17.8 Å². The molecule has 190 valence electrons. The number of hydrogen-bond donors (Lipinski definition) is 3. The van der Waals surface area contributed by atoms with Crippen LogP contribution in [0.2, 0.25) is 5.02 Å². The van der Waals surface area contributed by atoms with E-state index >= 15 is 0 Å². The first kappa shape index (κ1) is 25.6. The number of nitrogens with two attached hydrogens (primary N) is 1. The number of para-hydroxylation sites is 1. The highest BCUT2D eigenvalue weighted by Gasteiger charge is 2.35. The lowest BCUT2D eigenvalue weighted by Crippen LogP contribution is -2.43. The minimum absolute atomic E-state index is 0.121. The fourth-order valence-corrected chi connectivity index (χ4v) is 4.80. The van der Waals surface area contributed by atoms with E-state index in [0.29, 0.717) is 43.2 Å². The number of likely N-dealkylation sites (tertiary alicyclic amines) is 1. The van der Waals surface area contributed by atoms with Gasteiger partial charge < -0.3 is 15.8 Å². The van der Waals surface area contributed by atoms with Crippen molar-refractivity contribution in [3.05, 3.63) is 76.2 Å². The molecule has 0 saturated carbocycles. The summed E-state index contributed by atoms with van der Waals surface area (Å²) in [6.07, 6.45) is 0. The zero-order valence-corrected chi connectivity index (χ0v) is 20.8. The number of hydrogen-bond acceptors (Lipinski definition) is 5. The number of urea groups is 1. The monoisotopic (exact) mass is 514 g/mol. The van der Waals surface area contributed by atoms with Gasteiger partial charge in [0.15, 0.2) is 5.82 Å². The van der Waals surface area contributed by atoms with E-state index in [2.05, 4.69) is 20.6 Å². The smallest absolute Gasteiger partial charge is 0.320 e. The molecular formula is C25H28ClFN6O3. The van der Waals surface area contributed by atoms with Gasteiger partial charge in [0.1, 0.15) is 11.4 Å². The molecule has 2 aromatic carbocycles. The fourth-order valence-electron chi connectivity index (χ4n) is 4.57. The van der Waals surface area contributed by atoms with Gasteiger partial charge in [-0.05, 0) is 42.8 Å². The van der Waals surface area contributed by atoms with E-state index in [1.165, 1.54) is 16.8 Å². The predicted octanol–water partition coefficient (Wildman–Crippen LogP) is 3.31. The SMILES string of the molecule is COCCN1CC(c2cc(F)cc(Cl)c2)[C@H](NC(=O)Nc2c(C(N)=O)c(C)nn2-c2ccccc2)C1. The molecule has 0 spiro atoms. The van der Waals surface area contributed by atoms with E-state index in [-0.39, 0.29) is 28.4 Å². The number of rotatable bonds is 8. The van der Waals surface area contributed by atoms with Gasteiger partial charge in [-0.25, -0.2) is 13.9 Å². The number of primary amides is 1. The third-order valence-electron chi connectivity index (χ3n) is 6.18. The topological polar surface area (TPSA) is 115 Å². The van der Waals surface area contributed by atoms with Gasteiger partial charge in [0.25, 0.3) is 5.91 Å². The maximum Gasteiger partial charge on any atom is 0.320 e. The number of ether oxygens (including phenoxy) is 1. The van der Waals surface area contributed by atoms with Crippen LogP contribution in [0.1, 0.15) is 27.5 Å². The molecule has 1 unspecified atom stereocenters. The molecule has 1 aliphatic rings. The van der Waals surface area contributed by atoms with E-state index in [4.69, 9.17) is 22.1 Å². The molecule has 0 aliphatic carbocycles. The number of carbonyl (C=O) groups excluding carboxylic acids is 2. The molecule has 4 N–H and O–H groups in total. The molecule has 1 fully saturated rings. The van der Waals surface area contributed by atoms with Gasteiger partial charge in [0.2, 0.25) is 0 Å². The van der Waals surface area contributed by atoms with Crippen molar-refractivity contribution >= 4 is 29.4 Å². The van der Waals surface area contributed by atoms with E-state index in [1.807, 2.05) is 18.2 Å². The summed E-state index contributed by atoms with van der Waals surface area (Å²) in [7, 11) is 1.62. The van der Waals surface area contributed by atoms with Crippen LogP contribution in [0.5, 0.6) is 0 Å². The van der Waals surface area contributed by atoms with Gasteiger partial charge in [-0.3, -0.25) is 15.0 Å². The molecule has 36 heavy (non-hydrogen) atoms. The molecule has 0 bridgehead atoms. The molecule has 1 aromatic heterocycles. The molecule has 0 radical (unpaired) electrons. The largest absolute Gasteiger partial charge is 0.383 e. The average molecular weight is 515 g/mol. The molecule has 4 rings (SSSR count). The second-order valence-corrected chi connectivity index (χ2v) is 9.12. The van der Waals surface area contributed by atoms with Crippen molar-refractivity contribution in [1.82, 2.24) is 20.0 Å². The van der Waals surface area contributed by atoms with Crippen molar-refractivity contribution in [2.45, 2.75) is 18.9 Å². The Morgan fingerprint density at radius 3 is 2.64 bits per heavy atom. The van der Waals surface area contributed by atoms with Crippen molar-refractivity contribution in [2.24, 2.45) is 5.73 Å². The van der Waals surface area contributed by atoms with Crippen LogP contribution in [-0.4, -0.2) is 66.0 Å². The van der Waals surface area contributed by atoms with Gasteiger partial charge in [-0.1, -0.05) is 29.8 Å². The number of aromatic nitrogens is 2. The molecular weight excluding hydrogens is 487 g/mol. The predicted molar refractivity (Wildman–Crippen MR) is 135 cm³/mol. The van der Waals surface area contributed by atoms with Crippen LogP contribution in [0.3, 0.4) is 0 Å². The second kappa shape index (κ2) is 11.1. The van der Waals surface area contributed by atoms with Crippen molar-refractivity contribution in [3.63, 3.8) is 0 Å². The Kier molecular flexibility index (Phi) is 7.88. The zero-order chi connectivity index (χ0) is 25.8. The van der Waals surface area contributed by atoms with E-state index in [0.717, 1.165) is 0 Å². The van der Waals surface area contributed by atoms with Crippen LogP contribution in [0.25, 0.3) is 5.69 Å². The summed E-state index contributed by atoms with van der Waals surface area (Å²) in [6.45, 7) is 3.93. The Morgan fingerprint density at radius 2 is 1.97 bits per heavy atom. The lowest BCUT2D eigenvalue weighted by molar-refractivity contribution is 0.100. The maximum atomic E-state index is 14.1. The summed E-state index contributed by atoms with van der Waals surface area (Å²) < 4.78 is 20.8. The quantitative estimate of drug-likeness (QED) is 0.426. The maximum absolute atomic E-state index is 14.1. The van der Waals surface area contributed by atoms with Gasteiger partial charge >= 0.3 is 6.03 Å². The highest BCUT2D eigenvalue weighted by atomic mass is 35.5. The Hall–Kier alpha value is -3.47. The molecule has 2 atom stereocenters. The van der Waals surface area contributed by atoms with Crippen LogP contribution in [0, 0.1) is 12.7 Å². The molecule has 9 nitrogen and oxygen atoms in total. The molecule has 1 saturated heterocycles. The van der Waals surface area contributed by atoms with Crippen molar-refractivity contribution < 1.29 is 18.7 Å². The Morgan fingerprint density at radius 1 is 1.22 bits per heavy atom. The summed E-state index contributed by atoms with van der Waals surface area (Å²) in [5.41, 5.74) is 7.46. The lowest BCUT2D eigenvalue weighted by Gasteiger charge is -2.21. The molecule has 2 heterocycles. The third-order valence-corrected chi connectivity index (χ3v) is 6.39. The standard InChI is InChI=1S/C25H28ClFN6O3/c1-15-22(23(28)34)24(33(31-15)19-6-4-3-5-7-19)30-25(35)29-21-14-32(8-9-36-2)13-20(21)16-10-17(26)12-18(27)11-16/h3-7,10-12,20-21H,8-9,13-14H2,1-2H3,(H2,28,34)(H2,29,30,35)/t20?,21-/m1/s1. The van der Waals surface area contributed by atoms with E-state index in [1.54, 1.807) is 32.2 Å². The number of aryl methyl sites for hydroxylation is 1. The number of carbonyl (C=O) groups is 2. The Balaban J connectivity index is 1.60. The highest BCUT2D eigenvalue weighted by molar-refractivity contribution is 6.30. The Labute approximate surface area is 213 Å². The lowest BCUT2D eigenvalue weighted by atomic mass is 9.94. The van der Waals surface area contributed by atoms with E-state index in [9.17, 15) is 14.0 Å². The number of benzene rings is 2. The number of methoxy groups -OCH3 is 1. The van der Waals surface area contributed by atoms with Gasteiger partial charge in [0, 0.05) is 37.7 Å². The van der Waals surface area contributed by atoms with Crippen molar-refractivity contribution in [3.8, 4) is 5.69 Å². The van der Waals surface area contributed by atoms with Crippen LogP contribution in [-0.2, 0) is 4.74 Å². The number of halogens is 2. The molecule has 1 aliphatic heterocycles. The molecule has 11 heteroatoms. The summed E-state index contributed by atoms with van der Waals surface area (Å²) in [5, 5.41) is 10.4. The van der Waals surface area contributed by atoms with Gasteiger partial charge in [0.05, 0.1) is 24.0 Å². The van der Waals surface area contributed by atoms with Crippen LogP contribution >= 0.6 is 11.6 Å². The van der Waals surface area contributed by atoms with Gasteiger partial charge in [-0.2, -0.15) is 5.10 Å². The second-order valence-electron chi connectivity index (χ2n) is 8.69. The minimum Gasteiger partial charge on any atom is -0.383 e. The number of nitrogens with one attached hydrogen (secondary N) is 2. The zero-order valence-electron chi connectivity index (χ0n) is 20.0. The summed E-state index contributed by atoms with van der Waals surface area (Å²) in [6, 6.07) is 12.6. The highest BCUT2D eigenvalue weighted by Crippen LogP contribution is 2.30. The number of anilines is 1. The first-order valence-electron chi connectivity index (χ1n) is 11.5. The number of nitrogens with zero attached hydrogens (tertiary/aromatic N) is 3. The summed E-state index contributed by atoms with van der Waals surface area (Å²) >= 11 is 6.11. The normalized spacial score (nSPS) is 17.8. The molecule has 3 amide bonds. The number of amides is 3. The first-order valence-corrected chi connectivity index (χ1v) is 11.8. The third kappa shape index (κ3) is 5.67. The minimum atomic E-state index is -0.705. The fraction of sp³-hybridized carbons (Fsp3) is 0.320. The first-order chi connectivity index (χ1) is 17.3. The van der Waals surface area contributed by atoms with Gasteiger partial charge in [-0.15, -0.1) is 0 Å².